The molecule has 1 aliphatic carbocycles. The second-order valence-corrected chi connectivity index (χ2v) is 6.75. The van der Waals surface area contributed by atoms with Crippen LogP contribution in [0.25, 0.3) is 0 Å². The molecule has 134 valence electrons. The number of carbonyl (C=O) groups is 3. The average molecular weight is 346 g/mol. The van der Waals surface area contributed by atoms with Crippen LogP contribution in [0.1, 0.15) is 29.6 Å². The Labute approximate surface area is 146 Å². The van der Waals surface area contributed by atoms with Crippen LogP contribution in [0, 0.1) is 11.3 Å². The van der Waals surface area contributed by atoms with E-state index in [4.69, 9.17) is 9.84 Å². The van der Waals surface area contributed by atoms with E-state index in [-0.39, 0.29) is 29.7 Å². The Morgan fingerprint density at radius 1 is 1.32 bits per heavy atom. The fourth-order valence-corrected chi connectivity index (χ4v) is 3.58. The van der Waals surface area contributed by atoms with Gasteiger partial charge in [-0.3, -0.25) is 14.4 Å². The Morgan fingerprint density at radius 3 is 2.64 bits per heavy atom. The van der Waals surface area contributed by atoms with E-state index >= 15 is 0 Å². The summed E-state index contributed by atoms with van der Waals surface area (Å²) in [5, 5.41) is 11.7. The number of hydrogen-bond acceptors (Lipinski definition) is 4. The molecule has 0 radical (unpaired) electrons. The number of nitrogens with one attached hydrogen (secondary N) is 1. The monoisotopic (exact) mass is 346 g/mol. The predicted octanol–water partition coefficient (Wildman–Crippen LogP) is 1.14. The lowest BCUT2D eigenvalue weighted by molar-refractivity contribution is -0.139. The first-order valence-electron chi connectivity index (χ1n) is 8.38. The third-order valence-electron chi connectivity index (χ3n) is 5.33. The van der Waals surface area contributed by atoms with Crippen LogP contribution in [-0.4, -0.2) is 54.5 Å². The minimum atomic E-state index is -0.731. The fraction of sp³-hybridized carbons (Fsp3) is 0.500. The van der Waals surface area contributed by atoms with Crippen LogP contribution in [0.2, 0.25) is 0 Å². The Kier molecular flexibility index (Phi) is 4.65. The minimum Gasteiger partial charge on any atom is -0.497 e. The average Bonchev–Trinajstić information content (AvgIpc) is 3.33. The highest BCUT2D eigenvalue weighted by atomic mass is 16.5. The van der Waals surface area contributed by atoms with Gasteiger partial charge in [0.05, 0.1) is 19.6 Å². The largest absolute Gasteiger partial charge is 0.497 e. The Bertz CT molecular complexity index is 694. The first kappa shape index (κ1) is 17.3. The molecule has 1 saturated carbocycles. The lowest BCUT2D eigenvalue weighted by Crippen LogP contribution is -2.45. The molecule has 2 aliphatic rings. The summed E-state index contributed by atoms with van der Waals surface area (Å²) in [7, 11) is 1.53. The van der Waals surface area contributed by atoms with Crippen LogP contribution in [0.3, 0.4) is 0 Å². The van der Waals surface area contributed by atoms with Crippen LogP contribution in [0.4, 0.5) is 0 Å². The highest BCUT2D eigenvalue weighted by Crippen LogP contribution is 2.59. The molecule has 7 nitrogen and oxygen atoms in total. The number of amides is 2. The van der Waals surface area contributed by atoms with Gasteiger partial charge < -0.3 is 20.1 Å². The zero-order valence-corrected chi connectivity index (χ0v) is 14.2. The topological polar surface area (TPSA) is 95.9 Å². The van der Waals surface area contributed by atoms with Crippen molar-refractivity contribution in [3.8, 4) is 5.75 Å². The number of carboxylic acid groups (broad SMARTS) is 1. The van der Waals surface area contributed by atoms with Gasteiger partial charge in [-0.15, -0.1) is 0 Å². The maximum Gasteiger partial charge on any atom is 0.307 e. The Morgan fingerprint density at radius 2 is 2.04 bits per heavy atom. The quantitative estimate of drug-likeness (QED) is 0.833. The summed E-state index contributed by atoms with van der Waals surface area (Å²) in [5.74, 6) is -0.868. The summed E-state index contributed by atoms with van der Waals surface area (Å²) in [5.41, 5.74) is 0.332. The standard InChI is InChI=1S/C18H22N2O5/c1-25-13-4-2-3-12(9-13)16(22)19-11-15(21)20-7-5-18(6-8-20)10-14(18)17(23)24/h2-4,9,14H,5-8,10-11H2,1H3,(H,19,22)(H,23,24). The second-order valence-electron chi connectivity index (χ2n) is 6.75. The van der Waals surface area contributed by atoms with Crippen LogP contribution >= 0.6 is 0 Å². The molecule has 1 saturated heterocycles. The number of carboxylic acids is 1. The summed E-state index contributed by atoms with van der Waals surface area (Å²) in [6, 6.07) is 6.73. The second kappa shape index (κ2) is 6.74. The molecule has 3 rings (SSSR count). The summed E-state index contributed by atoms with van der Waals surface area (Å²) >= 11 is 0. The smallest absolute Gasteiger partial charge is 0.307 e. The van der Waals surface area contributed by atoms with Crippen LogP contribution in [0.15, 0.2) is 24.3 Å². The number of nitrogens with zero attached hydrogens (tertiary/aromatic N) is 1. The molecule has 2 fully saturated rings. The van der Waals surface area contributed by atoms with Crippen molar-refractivity contribution in [2.24, 2.45) is 11.3 Å². The highest BCUT2D eigenvalue weighted by molar-refractivity contribution is 5.96. The summed E-state index contributed by atoms with van der Waals surface area (Å²) in [6.45, 7) is 1.04. The predicted molar refractivity (Wildman–Crippen MR) is 89.3 cm³/mol. The van der Waals surface area contributed by atoms with Gasteiger partial charge in [0.25, 0.3) is 5.91 Å². The normalized spacial score (nSPS) is 20.8. The van der Waals surface area contributed by atoms with E-state index in [1.165, 1.54) is 7.11 Å². The molecule has 1 heterocycles. The molecule has 25 heavy (non-hydrogen) atoms. The zero-order valence-electron chi connectivity index (χ0n) is 14.2. The Balaban J connectivity index is 1.47. The maximum absolute atomic E-state index is 12.3. The van der Waals surface area contributed by atoms with Crippen molar-refractivity contribution in [3.63, 3.8) is 0 Å². The van der Waals surface area contributed by atoms with Gasteiger partial charge in [0, 0.05) is 18.7 Å². The van der Waals surface area contributed by atoms with E-state index in [0.717, 1.165) is 19.3 Å². The first-order valence-corrected chi connectivity index (χ1v) is 8.38. The van der Waals surface area contributed by atoms with Gasteiger partial charge in [0.2, 0.25) is 5.91 Å². The molecule has 1 unspecified atom stereocenters. The van der Waals surface area contributed by atoms with Crippen molar-refractivity contribution >= 4 is 17.8 Å². The number of aliphatic carboxylic acids is 1. The molecule has 1 aromatic carbocycles. The van der Waals surface area contributed by atoms with Crippen LogP contribution in [-0.2, 0) is 9.59 Å². The van der Waals surface area contributed by atoms with Crippen molar-refractivity contribution in [1.82, 2.24) is 10.2 Å². The van der Waals surface area contributed by atoms with Gasteiger partial charge in [0.1, 0.15) is 5.75 Å². The SMILES string of the molecule is COc1cccc(C(=O)NCC(=O)N2CCC3(CC2)CC3C(=O)O)c1. The molecule has 1 aliphatic heterocycles. The van der Waals surface area contributed by atoms with Crippen molar-refractivity contribution in [1.29, 1.82) is 0 Å². The van der Waals surface area contributed by atoms with E-state index in [1.54, 1.807) is 29.2 Å². The maximum atomic E-state index is 12.3. The van der Waals surface area contributed by atoms with Gasteiger partial charge in [-0.1, -0.05) is 6.07 Å². The first-order chi connectivity index (χ1) is 11.9. The number of hydrogen-bond donors (Lipinski definition) is 2. The minimum absolute atomic E-state index is 0.0641. The van der Waals surface area contributed by atoms with Gasteiger partial charge in [-0.05, 0) is 42.9 Å². The lowest BCUT2D eigenvalue weighted by Gasteiger charge is -2.32. The number of carbonyl (C=O) groups excluding carboxylic acids is 2. The molecule has 0 aromatic heterocycles. The van der Waals surface area contributed by atoms with Crippen molar-refractivity contribution < 1.29 is 24.2 Å². The molecule has 1 aromatic rings. The molecular weight excluding hydrogens is 324 g/mol. The fourth-order valence-electron chi connectivity index (χ4n) is 3.58. The summed E-state index contributed by atoms with van der Waals surface area (Å²) < 4.78 is 5.08. The molecule has 1 atom stereocenters. The van der Waals surface area contributed by atoms with Gasteiger partial charge in [-0.25, -0.2) is 0 Å². The van der Waals surface area contributed by atoms with Gasteiger partial charge in [0.15, 0.2) is 0 Å². The molecular formula is C18H22N2O5. The van der Waals surface area contributed by atoms with Crippen LogP contribution < -0.4 is 10.1 Å². The van der Waals surface area contributed by atoms with Gasteiger partial charge >= 0.3 is 5.97 Å². The van der Waals surface area contributed by atoms with E-state index in [0.29, 0.717) is 24.4 Å². The number of likely N-dealkylation sites (tertiary alicyclic amines) is 1. The van der Waals surface area contributed by atoms with Gasteiger partial charge in [-0.2, -0.15) is 0 Å². The van der Waals surface area contributed by atoms with Crippen molar-refractivity contribution in [2.75, 3.05) is 26.7 Å². The number of rotatable bonds is 5. The molecule has 1 spiro atoms. The van der Waals surface area contributed by atoms with Crippen molar-refractivity contribution in [3.05, 3.63) is 29.8 Å². The molecule has 7 heteroatoms. The number of benzene rings is 1. The van der Waals surface area contributed by atoms with E-state index in [9.17, 15) is 14.4 Å². The highest BCUT2D eigenvalue weighted by Gasteiger charge is 2.59. The summed E-state index contributed by atoms with van der Waals surface area (Å²) in [6.07, 6.45) is 2.16. The van der Waals surface area contributed by atoms with E-state index in [2.05, 4.69) is 5.32 Å². The van der Waals surface area contributed by atoms with E-state index in [1.807, 2.05) is 0 Å². The Hall–Kier alpha value is -2.57. The zero-order chi connectivity index (χ0) is 18.0. The lowest BCUT2D eigenvalue weighted by atomic mass is 9.91. The summed E-state index contributed by atoms with van der Waals surface area (Å²) in [4.78, 5) is 37.2. The third-order valence-corrected chi connectivity index (χ3v) is 5.33. The third kappa shape index (κ3) is 3.60. The van der Waals surface area contributed by atoms with E-state index < -0.39 is 5.97 Å². The number of ether oxygens (including phenoxy) is 1. The molecule has 2 amide bonds. The number of piperidine rings is 1. The van der Waals surface area contributed by atoms with Crippen molar-refractivity contribution in [2.45, 2.75) is 19.3 Å². The number of methoxy groups -OCH3 is 1. The molecule has 2 N–H and O–H groups in total. The van der Waals surface area contributed by atoms with Crippen LogP contribution in [0.5, 0.6) is 5.75 Å². The molecule has 0 bridgehead atoms.